The van der Waals surface area contributed by atoms with Crippen molar-refractivity contribution in [2.24, 2.45) is 0 Å². The molecule has 7 nitrogen and oxygen atoms in total. The first-order valence-corrected chi connectivity index (χ1v) is 8.76. The fourth-order valence-corrected chi connectivity index (χ4v) is 2.84. The van der Waals surface area contributed by atoms with Gasteiger partial charge in [-0.2, -0.15) is 0 Å². The van der Waals surface area contributed by atoms with E-state index in [1.165, 1.54) is 4.57 Å². The maximum atomic E-state index is 12.6. The molecule has 1 aromatic heterocycles. The molecule has 0 radical (unpaired) electrons. The molecule has 0 bridgehead atoms. The van der Waals surface area contributed by atoms with Crippen LogP contribution in [-0.4, -0.2) is 30.2 Å². The number of nitrogens with zero attached hydrogens (tertiary/aromatic N) is 1. The number of hydrogen-bond donors (Lipinski definition) is 1. The van der Waals surface area contributed by atoms with Gasteiger partial charge in [-0.15, -0.1) is 0 Å². The normalized spacial score (nSPS) is 10.5. The van der Waals surface area contributed by atoms with Gasteiger partial charge in [-0.1, -0.05) is 12.1 Å². The van der Waals surface area contributed by atoms with Gasteiger partial charge in [-0.05, 0) is 48.7 Å². The molecule has 1 amide bonds. The number of anilines is 1. The molecule has 1 N–H and O–H groups in total. The molecule has 3 rings (SSSR count). The van der Waals surface area contributed by atoms with Crippen molar-refractivity contribution in [3.05, 3.63) is 70.6 Å². The van der Waals surface area contributed by atoms with E-state index in [-0.39, 0.29) is 24.3 Å². The molecule has 0 aliphatic heterocycles. The van der Waals surface area contributed by atoms with Crippen molar-refractivity contribution in [3.8, 4) is 5.75 Å². The zero-order chi connectivity index (χ0) is 20.1. The number of esters is 1. The molecule has 0 saturated heterocycles. The van der Waals surface area contributed by atoms with E-state index in [0.29, 0.717) is 16.8 Å². The molecule has 144 valence electrons. The molecule has 28 heavy (non-hydrogen) atoms. The quantitative estimate of drug-likeness (QED) is 0.665. The lowest BCUT2D eigenvalue weighted by molar-refractivity contribution is -0.116. The molecular weight excluding hydrogens is 360 g/mol. The number of fused-ring (bicyclic) bond motifs is 1. The summed E-state index contributed by atoms with van der Waals surface area (Å²) in [5, 5.41) is 3.89. The minimum atomic E-state index is -0.518. The SMILES string of the molecule is CCOC(=O)c1ccccc1NC(=O)Cn1ccc2cc(OC)ccc2c1=O. The third kappa shape index (κ3) is 4.03. The number of amides is 1. The molecule has 1 heterocycles. The number of aromatic nitrogens is 1. The van der Waals surface area contributed by atoms with Gasteiger partial charge in [0.2, 0.25) is 5.91 Å². The molecule has 0 fully saturated rings. The number of methoxy groups -OCH3 is 1. The van der Waals surface area contributed by atoms with E-state index < -0.39 is 11.9 Å². The van der Waals surface area contributed by atoms with Gasteiger partial charge in [0.1, 0.15) is 12.3 Å². The molecule has 7 heteroatoms. The lowest BCUT2D eigenvalue weighted by Crippen LogP contribution is -2.27. The Labute approximate surface area is 161 Å². The summed E-state index contributed by atoms with van der Waals surface area (Å²) in [6.07, 6.45) is 1.56. The molecule has 0 saturated carbocycles. The monoisotopic (exact) mass is 380 g/mol. The van der Waals surface area contributed by atoms with Crippen molar-refractivity contribution in [3.63, 3.8) is 0 Å². The summed E-state index contributed by atoms with van der Waals surface area (Å²) in [4.78, 5) is 37.1. The van der Waals surface area contributed by atoms with E-state index in [9.17, 15) is 14.4 Å². The van der Waals surface area contributed by atoms with Gasteiger partial charge in [0.15, 0.2) is 0 Å². The van der Waals surface area contributed by atoms with Crippen molar-refractivity contribution >= 4 is 28.3 Å². The summed E-state index contributed by atoms with van der Waals surface area (Å²) in [5.41, 5.74) is 0.314. The van der Waals surface area contributed by atoms with E-state index in [4.69, 9.17) is 9.47 Å². The molecule has 2 aromatic carbocycles. The minimum Gasteiger partial charge on any atom is -0.497 e. The Balaban J connectivity index is 1.82. The minimum absolute atomic E-state index is 0.183. The van der Waals surface area contributed by atoms with Gasteiger partial charge in [-0.3, -0.25) is 9.59 Å². The second-order valence-electron chi connectivity index (χ2n) is 6.02. The second-order valence-corrected chi connectivity index (χ2v) is 6.02. The van der Waals surface area contributed by atoms with Crippen LogP contribution in [0.3, 0.4) is 0 Å². The summed E-state index contributed by atoms with van der Waals surface area (Å²) in [6.45, 7) is 1.76. The number of rotatable bonds is 6. The molecular formula is C21H20N2O5. The summed E-state index contributed by atoms with van der Waals surface area (Å²) >= 11 is 0. The highest BCUT2D eigenvalue weighted by Gasteiger charge is 2.15. The fourth-order valence-electron chi connectivity index (χ4n) is 2.84. The van der Waals surface area contributed by atoms with Gasteiger partial charge < -0.3 is 19.4 Å². The van der Waals surface area contributed by atoms with Crippen LogP contribution in [0.5, 0.6) is 5.75 Å². The van der Waals surface area contributed by atoms with Crippen LogP contribution in [0, 0.1) is 0 Å². The predicted molar refractivity (Wildman–Crippen MR) is 106 cm³/mol. The van der Waals surface area contributed by atoms with Crippen molar-refractivity contribution in [2.75, 3.05) is 19.0 Å². The number of ether oxygens (including phenoxy) is 2. The maximum absolute atomic E-state index is 12.6. The number of nitrogens with one attached hydrogen (secondary N) is 1. The Morgan fingerprint density at radius 1 is 1.11 bits per heavy atom. The van der Waals surface area contributed by atoms with Crippen LogP contribution in [0.4, 0.5) is 5.69 Å². The maximum Gasteiger partial charge on any atom is 0.340 e. The van der Waals surface area contributed by atoms with Gasteiger partial charge >= 0.3 is 5.97 Å². The number of para-hydroxylation sites is 1. The first-order chi connectivity index (χ1) is 13.5. The largest absolute Gasteiger partial charge is 0.497 e. The Kier molecular flexibility index (Phi) is 5.74. The van der Waals surface area contributed by atoms with Crippen LogP contribution in [-0.2, 0) is 16.1 Å². The summed E-state index contributed by atoms with van der Waals surface area (Å²) in [7, 11) is 1.56. The van der Waals surface area contributed by atoms with Crippen molar-refractivity contribution < 1.29 is 19.1 Å². The Hall–Kier alpha value is -3.61. The van der Waals surface area contributed by atoms with Gasteiger partial charge in [0.05, 0.1) is 25.0 Å². The number of benzene rings is 2. The fraction of sp³-hybridized carbons (Fsp3) is 0.190. The lowest BCUT2D eigenvalue weighted by Gasteiger charge is -2.12. The first-order valence-electron chi connectivity index (χ1n) is 8.76. The van der Waals surface area contributed by atoms with Crippen LogP contribution in [0.25, 0.3) is 10.8 Å². The summed E-state index contributed by atoms with van der Waals surface area (Å²) in [5.74, 6) is -0.292. The predicted octanol–water partition coefficient (Wildman–Crippen LogP) is 2.83. The van der Waals surface area contributed by atoms with Gasteiger partial charge in [-0.25, -0.2) is 4.79 Å². The zero-order valence-corrected chi connectivity index (χ0v) is 15.6. The average Bonchev–Trinajstić information content (AvgIpc) is 2.70. The highest BCUT2D eigenvalue weighted by atomic mass is 16.5. The van der Waals surface area contributed by atoms with Crippen LogP contribution in [0.15, 0.2) is 59.5 Å². The van der Waals surface area contributed by atoms with Crippen molar-refractivity contribution in [1.82, 2.24) is 4.57 Å². The Morgan fingerprint density at radius 2 is 1.89 bits per heavy atom. The average molecular weight is 380 g/mol. The highest BCUT2D eigenvalue weighted by Crippen LogP contribution is 2.18. The molecule has 3 aromatic rings. The summed E-state index contributed by atoms with van der Waals surface area (Å²) < 4.78 is 11.5. The van der Waals surface area contributed by atoms with Crippen LogP contribution in [0.2, 0.25) is 0 Å². The highest BCUT2D eigenvalue weighted by molar-refractivity contribution is 6.01. The van der Waals surface area contributed by atoms with Gasteiger partial charge in [0, 0.05) is 11.6 Å². The number of hydrogen-bond acceptors (Lipinski definition) is 5. The topological polar surface area (TPSA) is 86.6 Å². The van der Waals surface area contributed by atoms with Crippen molar-refractivity contribution in [2.45, 2.75) is 13.5 Å². The Morgan fingerprint density at radius 3 is 2.64 bits per heavy atom. The molecule has 0 aliphatic carbocycles. The van der Waals surface area contributed by atoms with Crippen LogP contribution < -0.4 is 15.6 Å². The number of carbonyl (C=O) groups is 2. The first kappa shape index (κ1) is 19.2. The number of carbonyl (C=O) groups excluding carboxylic acids is 2. The molecule has 0 unspecified atom stereocenters. The molecule has 0 spiro atoms. The zero-order valence-electron chi connectivity index (χ0n) is 15.6. The van der Waals surface area contributed by atoms with Crippen molar-refractivity contribution in [1.29, 1.82) is 0 Å². The van der Waals surface area contributed by atoms with E-state index in [1.807, 2.05) is 0 Å². The van der Waals surface area contributed by atoms with Gasteiger partial charge in [0.25, 0.3) is 5.56 Å². The third-order valence-electron chi connectivity index (χ3n) is 4.19. The molecule has 0 aliphatic rings. The summed E-state index contributed by atoms with van der Waals surface area (Å²) in [6, 6.07) is 13.4. The second kappa shape index (κ2) is 8.39. The lowest BCUT2D eigenvalue weighted by atomic mass is 10.1. The standard InChI is InChI=1S/C21H20N2O5/c1-3-28-21(26)17-6-4-5-7-18(17)22-19(24)13-23-11-10-14-12-15(27-2)8-9-16(14)20(23)25/h4-12H,3,13H2,1-2H3,(H,22,24). The van der Waals surface area contributed by atoms with E-state index >= 15 is 0 Å². The van der Waals surface area contributed by atoms with E-state index in [1.54, 1.807) is 68.8 Å². The smallest absolute Gasteiger partial charge is 0.340 e. The third-order valence-corrected chi connectivity index (χ3v) is 4.19. The number of pyridine rings is 1. The Bertz CT molecular complexity index is 1090. The van der Waals surface area contributed by atoms with Crippen LogP contribution in [0.1, 0.15) is 17.3 Å². The molecule has 0 atom stereocenters. The van der Waals surface area contributed by atoms with Crippen LogP contribution >= 0.6 is 0 Å². The van der Waals surface area contributed by atoms with E-state index in [0.717, 1.165) is 5.39 Å². The van der Waals surface area contributed by atoms with E-state index in [2.05, 4.69) is 5.32 Å².